The van der Waals surface area contributed by atoms with Crippen LogP contribution in [0.3, 0.4) is 0 Å². The van der Waals surface area contributed by atoms with Crippen molar-refractivity contribution in [1.29, 1.82) is 0 Å². The average molecular weight is 236 g/mol. The molecular formula is C13H20N2O2. The number of rotatable bonds is 3. The first-order valence-corrected chi connectivity index (χ1v) is 6.16. The molecule has 2 unspecified atom stereocenters. The van der Waals surface area contributed by atoms with Gasteiger partial charge in [0, 0.05) is 13.1 Å². The molecule has 2 aliphatic rings. The van der Waals surface area contributed by atoms with E-state index in [1.807, 2.05) is 25.9 Å². The van der Waals surface area contributed by atoms with Crippen molar-refractivity contribution in [1.82, 2.24) is 9.80 Å². The number of carbonyl (C=O) groups excluding carboxylic acids is 2. The van der Waals surface area contributed by atoms with Gasteiger partial charge in [-0.2, -0.15) is 0 Å². The van der Waals surface area contributed by atoms with Gasteiger partial charge >= 0.3 is 0 Å². The van der Waals surface area contributed by atoms with E-state index in [0.717, 1.165) is 19.4 Å². The highest BCUT2D eigenvalue weighted by molar-refractivity contribution is 6.05. The van der Waals surface area contributed by atoms with Crippen LogP contribution in [0.4, 0.5) is 0 Å². The van der Waals surface area contributed by atoms with Crippen molar-refractivity contribution >= 4 is 11.8 Å². The fourth-order valence-electron chi connectivity index (χ4n) is 2.63. The van der Waals surface area contributed by atoms with Crippen LogP contribution in [0.5, 0.6) is 0 Å². The maximum absolute atomic E-state index is 12.2. The van der Waals surface area contributed by atoms with Crippen LogP contribution in [0.2, 0.25) is 0 Å². The van der Waals surface area contributed by atoms with Gasteiger partial charge in [-0.1, -0.05) is 11.6 Å². The Morgan fingerprint density at radius 1 is 1.29 bits per heavy atom. The third-order valence-corrected chi connectivity index (χ3v) is 3.69. The summed E-state index contributed by atoms with van der Waals surface area (Å²) >= 11 is 0. The van der Waals surface area contributed by atoms with Crippen molar-refractivity contribution in [3.63, 3.8) is 0 Å². The number of hydrogen-bond acceptors (Lipinski definition) is 3. The highest BCUT2D eigenvalue weighted by atomic mass is 16.2. The lowest BCUT2D eigenvalue weighted by molar-refractivity contribution is -0.140. The Balaban J connectivity index is 2.08. The summed E-state index contributed by atoms with van der Waals surface area (Å²) in [6.45, 7) is 3.30. The monoisotopic (exact) mass is 236 g/mol. The van der Waals surface area contributed by atoms with Gasteiger partial charge in [0.05, 0.1) is 11.8 Å². The molecule has 4 nitrogen and oxygen atoms in total. The van der Waals surface area contributed by atoms with Crippen LogP contribution in [-0.4, -0.2) is 48.8 Å². The third-order valence-electron chi connectivity index (χ3n) is 3.69. The van der Waals surface area contributed by atoms with E-state index in [9.17, 15) is 9.59 Å². The van der Waals surface area contributed by atoms with Crippen molar-refractivity contribution in [3.05, 3.63) is 11.6 Å². The standard InChI is InChI=1S/C13H20N2O2/c1-9-4-5-10-11(8-9)13(17)15(12(10)16)7-6-14(2)3/h4,10-11H,5-8H2,1-3H3. The zero-order valence-corrected chi connectivity index (χ0v) is 10.8. The van der Waals surface area contributed by atoms with E-state index >= 15 is 0 Å². The molecule has 2 rings (SSSR count). The Morgan fingerprint density at radius 2 is 1.94 bits per heavy atom. The topological polar surface area (TPSA) is 40.6 Å². The molecule has 0 spiro atoms. The molecule has 1 heterocycles. The zero-order valence-electron chi connectivity index (χ0n) is 10.8. The number of likely N-dealkylation sites (N-methyl/N-ethyl adjacent to an activating group) is 1. The van der Waals surface area contributed by atoms with Crippen molar-refractivity contribution in [2.75, 3.05) is 27.2 Å². The Morgan fingerprint density at radius 3 is 2.59 bits per heavy atom. The van der Waals surface area contributed by atoms with Gasteiger partial charge in [-0.15, -0.1) is 0 Å². The molecule has 17 heavy (non-hydrogen) atoms. The van der Waals surface area contributed by atoms with Crippen LogP contribution in [0.1, 0.15) is 19.8 Å². The van der Waals surface area contributed by atoms with E-state index in [1.54, 1.807) is 0 Å². The molecule has 94 valence electrons. The molecule has 1 fully saturated rings. The van der Waals surface area contributed by atoms with E-state index in [1.165, 1.54) is 10.5 Å². The van der Waals surface area contributed by atoms with Gasteiger partial charge in [-0.3, -0.25) is 14.5 Å². The van der Waals surface area contributed by atoms with Gasteiger partial charge in [-0.25, -0.2) is 0 Å². The summed E-state index contributed by atoms with van der Waals surface area (Å²) in [5.41, 5.74) is 1.24. The number of nitrogens with zero attached hydrogens (tertiary/aromatic N) is 2. The molecule has 0 radical (unpaired) electrons. The van der Waals surface area contributed by atoms with Crippen LogP contribution in [0.25, 0.3) is 0 Å². The van der Waals surface area contributed by atoms with E-state index in [4.69, 9.17) is 0 Å². The molecule has 0 aromatic rings. The summed E-state index contributed by atoms with van der Waals surface area (Å²) in [6, 6.07) is 0. The number of hydrogen-bond donors (Lipinski definition) is 0. The quantitative estimate of drug-likeness (QED) is 0.540. The Bertz CT molecular complexity index is 374. The summed E-state index contributed by atoms with van der Waals surface area (Å²) in [5, 5.41) is 0. The number of fused-ring (bicyclic) bond motifs is 1. The number of allylic oxidation sites excluding steroid dienone is 2. The van der Waals surface area contributed by atoms with Gasteiger partial charge in [0.25, 0.3) is 0 Å². The Labute approximate surface area is 102 Å². The first-order chi connectivity index (χ1) is 8.00. The second-order valence-electron chi connectivity index (χ2n) is 5.33. The summed E-state index contributed by atoms with van der Waals surface area (Å²) in [4.78, 5) is 27.7. The molecule has 0 N–H and O–H groups in total. The van der Waals surface area contributed by atoms with Crippen molar-refractivity contribution in [3.8, 4) is 0 Å². The fourth-order valence-corrected chi connectivity index (χ4v) is 2.63. The third kappa shape index (κ3) is 2.27. The van der Waals surface area contributed by atoms with Gasteiger partial charge in [-0.05, 0) is 33.9 Å². The fraction of sp³-hybridized carbons (Fsp3) is 0.692. The average Bonchev–Trinajstić information content (AvgIpc) is 2.49. The van der Waals surface area contributed by atoms with Crippen LogP contribution in [-0.2, 0) is 9.59 Å². The SMILES string of the molecule is CC1=CCC2C(=O)N(CCN(C)C)C(=O)C2C1. The molecule has 1 aliphatic heterocycles. The number of amides is 2. The highest BCUT2D eigenvalue weighted by Crippen LogP contribution is 2.37. The summed E-state index contributed by atoms with van der Waals surface area (Å²) < 4.78 is 0. The van der Waals surface area contributed by atoms with Crippen LogP contribution in [0, 0.1) is 11.8 Å². The van der Waals surface area contributed by atoms with Gasteiger partial charge < -0.3 is 4.90 Å². The number of imide groups is 1. The molecule has 4 heteroatoms. The molecule has 0 bridgehead atoms. The molecule has 1 aliphatic carbocycles. The number of carbonyl (C=O) groups is 2. The first-order valence-electron chi connectivity index (χ1n) is 6.16. The van der Waals surface area contributed by atoms with Crippen molar-refractivity contribution in [2.45, 2.75) is 19.8 Å². The van der Waals surface area contributed by atoms with E-state index in [-0.39, 0.29) is 23.7 Å². The van der Waals surface area contributed by atoms with E-state index in [2.05, 4.69) is 6.08 Å². The molecule has 0 saturated carbocycles. The molecule has 2 atom stereocenters. The smallest absolute Gasteiger partial charge is 0.233 e. The van der Waals surface area contributed by atoms with Crippen molar-refractivity contribution in [2.24, 2.45) is 11.8 Å². The van der Waals surface area contributed by atoms with Crippen LogP contribution in [0.15, 0.2) is 11.6 Å². The van der Waals surface area contributed by atoms with Crippen LogP contribution >= 0.6 is 0 Å². The van der Waals surface area contributed by atoms with Crippen molar-refractivity contribution < 1.29 is 9.59 Å². The predicted octanol–water partition coefficient (Wildman–Crippen LogP) is 0.889. The largest absolute Gasteiger partial charge is 0.308 e. The summed E-state index contributed by atoms with van der Waals surface area (Å²) in [5.74, 6) is -0.108. The minimum atomic E-state index is -0.0895. The van der Waals surface area contributed by atoms with Gasteiger partial charge in [0.2, 0.25) is 11.8 Å². The maximum Gasteiger partial charge on any atom is 0.233 e. The summed E-state index contributed by atoms with van der Waals surface area (Å²) in [6.07, 6.45) is 3.59. The molecule has 2 amide bonds. The Kier molecular flexibility index (Phi) is 3.33. The second kappa shape index (κ2) is 4.61. The van der Waals surface area contributed by atoms with Gasteiger partial charge in [0.1, 0.15) is 0 Å². The Hall–Kier alpha value is -1.16. The minimum Gasteiger partial charge on any atom is -0.308 e. The lowest BCUT2D eigenvalue weighted by atomic mass is 9.82. The maximum atomic E-state index is 12.2. The molecule has 1 saturated heterocycles. The van der Waals surface area contributed by atoms with E-state index in [0.29, 0.717) is 6.54 Å². The lowest BCUT2D eigenvalue weighted by Crippen LogP contribution is -2.36. The lowest BCUT2D eigenvalue weighted by Gasteiger charge is -2.19. The van der Waals surface area contributed by atoms with E-state index < -0.39 is 0 Å². The minimum absolute atomic E-state index is 0.0330. The second-order valence-corrected chi connectivity index (χ2v) is 5.33. The first kappa shape index (κ1) is 12.3. The highest BCUT2D eigenvalue weighted by Gasteiger charge is 2.47. The summed E-state index contributed by atoms with van der Waals surface area (Å²) in [7, 11) is 3.90. The molecule has 0 aromatic carbocycles. The van der Waals surface area contributed by atoms with Gasteiger partial charge in [0.15, 0.2) is 0 Å². The normalized spacial score (nSPS) is 28.7. The van der Waals surface area contributed by atoms with Crippen LogP contribution < -0.4 is 0 Å². The zero-order chi connectivity index (χ0) is 12.6. The predicted molar refractivity (Wildman–Crippen MR) is 65.2 cm³/mol. The molecule has 0 aromatic heterocycles. The number of likely N-dealkylation sites (tertiary alicyclic amines) is 1. The molecular weight excluding hydrogens is 216 g/mol.